The number of benzene rings is 1. The van der Waals surface area contributed by atoms with E-state index in [1.165, 1.54) is 37.7 Å². The average molecular weight is 239 g/mol. The van der Waals surface area contributed by atoms with E-state index in [2.05, 4.69) is 30.3 Å². The van der Waals surface area contributed by atoms with Gasteiger partial charge in [-0.1, -0.05) is 30.3 Å². The molecule has 0 spiro atoms. The van der Waals surface area contributed by atoms with Gasteiger partial charge in [0.15, 0.2) is 0 Å². The maximum atomic E-state index is 5.01. The molecule has 5 rings (SSSR count). The van der Waals surface area contributed by atoms with Crippen LogP contribution >= 0.6 is 0 Å². The van der Waals surface area contributed by atoms with Crippen LogP contribution in [0, 0.1) is 23.7 Å². The largest absolute Gasteiger partial charge is 0.289 e. The molecule has 94 valence electrons. The molecule has 0 saturated heterocycles. The van der Waals surface area contributed by atoms with Gasteiger partial charge in [0.05, 0.1) is 6.54 Å². The van der Waals surface area contributed by atoms with Gasteiger partial charge >= 0.3 is 0 Å². The molecule has 0 aliphatic heterocycles. The van der Waals surface area contributed by atoms with Crippen LogP contribution in [-0.4, -0.2) is 5.71 Å². The lowest BCUT2D eigenvalue weighted by molar-refractivity contribution is 0.108. The summed E-state index contributed by atoms with van der Waals surface area (Å²) in [5.41, 5.74) is 2.95. The van der Waals surface area contributed by atoms with Crippen molar-refractivity contribution in [3.63, 3.8) is 0 Å². The molecule has 0 N–H and O–H groups in total. The molecule has 1 aromatic rings. The topological polar surface area (TPSA) is 12.4 Å². The van der Waals surface area contributed by atoms with Gasteiger partial charge in [-0.05, 0) is 61.3 Å². The van der Waals surface area contributed by atoms with Crippen LogP contribution in [0.15, 0.2) is 35.3 Å². The van der Waals surface area contributed by atoms with Gasteiger partial charge in [0.25, 0.3) is 0 Å². The third-order valence-corrected chi connectivity index (χ3v) is 5.26. The van der Waals surface area contributed by atoms with Gasteiger partial charge in [0, 0.05) is 5.71 Å². The summed E-state index contributed by atoms with van der Waals surface area (Å²) in [5.74, 6) is 3.79. The molecule has 0 aromatic heterocycles. The van der Waals surface area contributed by atoms with E-state index in [-0.39, 0.29) is 0 Å². The van der Waals surface area contributed by atoms with Crippen LogP contribution in [0.3, 0.4) is 0 Å². The monoisotopic (exact) mass is 239 g/mol. The molecule has 4 saturated carbocycles. The van der Waals surface area contributed by atoms with E-state index < -0.39 is 0 Å². The normalized spacial score (nSPS) is 37.0. The summed E-state index contributed by atoms with van der Waals surface area (Å²) in [6.07, 6.45) is 7.31. The van der Waals surface area contributed by atoms with Gasteiger partial charge in [0.1, 0.15) is 0 Å². The predicted molar refractivity (Wildman–Crippen MR) is 74.6 cm³/mol. The van der Waals surface area contributed by atoms with Crippen LogP contribution in [0.4, 0.5) is 0 Å². The van der Waals surface area contributed by atoms with E-state index in [9.17, 15) is 0 Å². The molecule has 1 nitrogen and oxygen atoms in total. The molecule has 0 atom stereocenters. The van der Waals surface area contributed by atoms with E-state index >= 15 is 0 Å². The van der Waals surface area contributed by atoms with Crippen LogP contribution in [0.25, 0.3) is 0 Å². The van der Waals surface area contributed by atoms with E-state index in [0.717, 1.165) is 30.2 Å². The fraction of sp³-hybridized carbons (Fsp3) is 0.588. The minimum atomic E-state index is 0.852. The first-order chi connectivity index (χ1) is 8.88. The smallest absolute Gasteiger partial charge is 0.0639 e. The molecule has 4 aliphatic carbocycles. The molecule has 18 heavy (non-hydrogen) atoms. The molecule has 0 radical (unpaired) electrons. The highest BCUT2D eigenvalue weighted by Gasteiger charge is 2.45. The second-order valence-electron chi connectivity index (χ2n) is 6.53. The van der Waals surface area contributed by atoms with Gasteiger partial charge in [0.2, 0.25) is 0 Å². The summed E-state index contributed by atoms with van der Waals surface area (Å²) < 4.78 is 0. The number of hydrogen-bond donors (Lipinski definition) is 0. The quantitative estimate of drug-likeness (QED) is 0.737. The van der Waals surface area contributed by atoms with Crippen molar-refractivity contribution in [2.24, 2.45) is 28.7 Å². The third kappa shape index (κ3) is 1.81. The zero-order valence-corrected chi connectivity index (χ0v) is 10.9. The van der Waals surface area contributed by atoms with Crippen molar-refractivity contribution in [2.45, 2.75) is 38.6 Å². The van der Waals surface area contributed by atoms with Gasteiger partial charge in [-0.2, -0.15) is 0 Å². The Morgan fingerprint density at radius 3 is 2.06 bits per heavy atom. The van der Waals surface area contributed by atoms with Crippen molar-refractivity contribution in [1.29, 1.82) is 0 Å². The Labute approximate surface area is 109 Å². The summed E-state index contributed by atoms with van der Waals surface area (Å²) in [7, 11) is 0. The highest BCUT2D eigenvalue weighted by Crippen LogP contribution is 2.52. The molecule has 4 fully saturated rings. The Bertz CT molecular complexity index is 430. The zero-order chi connectivity index (χ0) is 11.9. The van der Waals surface area contributed by atoms with Crippen molar-refractivity contribution in [2.75, 3.05) is 0 Å². The minimum Gasteiger partial charge on any atom is -0.289 e. The summed E-state index contributed by atoms with van der Waals surface area (Å²) in [5, 5.41) is 0. The highest BCUT2D eigenvalue weighted by molar-refractivity contribution is 5.90. The van der Waals surface area contributed by atoms with Crippen LogP contribution in [0.5, 0.6) is 0 Å². The summed E-state index contributed by atoms with van der Waals surface area (Å²) in [4.78, 5) is 5.01. The van der Waals surface area contributed by atoms with Crippen molar-refractivity contribution in [1.82, 2.24) is 0 Å². The molecule has 0 heterocycles. The zero-order valence-electron chi connectivity index (χ0n) is 10.9. The van der Waals surface area contributed by atoms with Gasteiger partial charge < -0.3 is 0 Å². The Hall–Kier alpha value is -1.11. The summed E-state index contributed by atoms with van der Waals surface area (Å²) in [6, 6.07) is 10.7. The van der Waals surface area contributed by atoms with Gasteiger partial charge in [-0.15, -0.1) is 0 Å². The Morgan fingerprint density at radius 2 is 1.44 bits per heavy atom. The summed E-state index contributed by atoms with van der Waals surface area (Å²) in [6.45, 7) is 0.901. The lowest BCUT2D eigenvalue weighted by Crippen LogP contribution is -2.45. The standard InChI is InChI=1S/C17H21N/c1-2-4-12(5-3-1)11-18-17-15-7-13-6-14(9-15)10-16(17)8-13/h1-5,13-16H,6-11H2. The van der Waals surface area contributed by atoms with E-state index in [4.69, 9.17) is 4.99 Å². The van der Waals surface area contributed by atoms with E-state index in [1.54, 1.807) is 5.71 Å². The van der Waals surface area contributed by atoms with Crippen molar-refractivity contribution < 1.29 is 0 Å². The molecular weight excluding hydrogens is 218 g/mol. The molecule has 4 aliphatic rings. The predicted octanol–water partition coefficient (Wildman–Crippen LogP) is 4.08. The van der Waals surface area contributed by atoms with Crippen molar-refractivity contribution >= 4 is 5.71 Å². The van der Waals surface area contributed by atoms with Crippen molar-refractivity contribution in [3.05, 3.63) is 35.9 Å². The average Bonchev–Trinajstić information content (AvgIpc) is 2.38. The highest BCUT2D eigenvalue weighted by atomic mass is 14.8. The fourth-order valence-corrected chi connectivity index (χ4v) is 4.69. The Kier molecular flexibility index (Phi) is 2.53. The van der Waals surface area contributed by atoms with Gasteiger partial charge in [-0.25, -0.2) is 0 Å². The Morgan fingerprint density at radius 1 is 0.833 bits per heavy atom. The lowest BCUT2D eigenvalue weighted by atomic mass is 9.55. The van der Waals surface area contributed by atoms with Crippen LogP contribution in [-0.2, 0) is 6.54 Å². The molecule has 4 bridgehead atoms. The first-order valence-corrected chi connectivity index (χ1v) is 7.46. The van der Waals surface area contributed by atoms with E-state index in [0.29, 0.717) is 0 Å². The number of hydrogen-bond acceptors (Lipinski definition) is 1. The van der Waals surface area contributed by atoms with Gasteiger partial charge in [-0.3, -0.25) is 4.99 Å². The minimum absolute atomic E-state index is 0.852. The molecular formula is C17H21N. The fourth-order valence-electron chi connectivity index (χ4n) is 4.69. The summed E-state index contributed by atoms with van der Waals surface area (Å²) >= 11 is 0. The lowest BCUT2D eigenvalue weighted by Gasteiger charge is -2.50. The maximum absolute atomic E-state index is 5.01. The molecule has 1 heteroatoms. The number of rotatable bonds is 2. The molecule has 1 aromatic carbocycles. The SMILES string of the molecule is c1ccc(CN=C2C3CC4CC(C3)CC2C4)cc1. The van der Waals surface area contributed by atoms with Crippen LogP contribution in [0.1, 0.15) is 37.7 Å². The maximum Gasteiger partial charge on any atom is 0.0639 e. The first kappa shape index (κ1) is 10.8. The molecule has 0 unspecified atom stereocenters. The van der Waals surface area contributed by atoms with Crippen molar-refractivity contribution in [3.8, 4) is 0 Å². The second kappa shape index (κ2) is 4.22. The second-order valence-corrected chi connectivity index (χ2v) is 6.53. The van der Waals surface area contributed by atoms with Crippen LogP contribution in [0.2, 0.25) is 0 Å². The molecule has 0 amide bonds. The Balaban J connectivity index is 1.54. The first-order valence-electron chi connectivity index (χ1n) is 7.46. The number of nitrogens with zero attached hydrogens (tertiary/aromatic N) is 1. The van der Waals surface area contributed by atoms with Crippen LogP contribution < -0.4 is 0 Å². The third-order valence-electron chi connectivity index (χ3n) is 5.26. The van der Waals surface area contributed by atoms with E-state index in [1.807, 2.05) is 0 Å². The number of aliphatic imine (C=N–C) groups is 1.